The Labute approximate surface area is 138 Å². The molecule has 0 aliphatic carbocycles. The predicted molar refractivity (Wildman–Crippen MR) is 91.5 cm³/mol. The zero-order chi connectivity index (χ0) is 16.4. The van der Waals surface area contributed by atoms with Crippen molar-refractivity contribution >= 4 is 11.6 Å². The number of benzene rings is 1. The lowest BCUT2D eigenvalue weighted by Gasteiger charge is -2.40. The molecule has 1 aromatic carbocycles. The van der Waals surface area contributed by atoms with Crippen molar-refractivity contribution in [2.75, 3.05) is 6.61 Å². The minimum Gasteiger partial charge on any atom is -0.375 e. The lowest BCUT2D eigenvalue weighted by atomic mass is 9.93. The number of hydrogen-bond acceptors (Lipinski definition) is 3. The molecule has 4 nitrogen and oxygen atoms in total. The van der Waals surface area contributed by atoms with Gasteiger partial charge in [0, 0.05) is 19.4 Å². The Balaban J connectivity index is 1.83. The van der Waals surface area contributed by atoms with Crippen LogP contribution >= 0.6 is 0 Å². The lowest BCUT2D eigenvalue weighted by molar-refractivity contribution is -0.141. The first kappa shape index (κ1) is 16.2. The standard InChI is InChI=1S/C19H26N2O2/c1-4-14-5-7-15(8-6-14)17-9-10-18(22)21(20-17)16-11-12-23-19(2,3)13-16/h5-8,16H,4,9-13H2,1-3H3/t16-/m0/s1. The highest BCUT2D eigenvalue weighted by molar-refractivity contribution is 6.04. The van der Waals surface area contributed by atoms with Crippen LogP contribution in [-0.2, 0) is 16.0 Å². The molecule has 23 heavy (non-hydrogen) atoms. The van der Waals surface area contributed by atoms with Crippen LogP contribution in [0.15, 0.2) is 29.4 Å². The maximum absolute atomic E-state index is 12.4. The molecule has 1 aromatic rings. The molecule has 0 bridgehead atoms. The van der Waals surface area contributed by atoms with Crippen LogP contribution in [0.2, 0.25) is 0 Å². The summed E-state index contributed by atoms with van der Waals surface area (Å²) in [5.41, 5.74) is 3.30. The van der Waals surface area contributed by atoms with Gasteiger partial charge in [-0.1, -0.05) is 31.2 Å². The molecule has 2 heterocycles. The highest BCUT2D eigenvalue weighted by atomic mass is 16.5. The molecule has 124 valence electrons. The highest BCUT2D eigenvalue weighted by Crippen LogP contribution is 2.30. The first-order chi connectivity index (χ1) is 11.0. The molecule has 1 saturated heterocycles. The second-order valence-corrected chi connectivity index (χ2v) is 7.09. The summed E-state index contributed by atoms with van der Waals surface area (Å²) in [4.78, 5) is 12.4. The summed E-state index contributed by atoms with van der Waals surface area (Å²) in [7, 11) is 0. The molecule has 0 unspecified atom stereocenters. The van der Waals surface area contributed by atoms with E-state index in [2.05, 4.69) is 45.0 Å². The van der Waals surface area contributed by atoms with Gasteiger partial charge in [0.1, 0.15) is 0 Å². The largest absolute Gasteiger partial charge is 0.375 e. The zero-order valence-corrected chi connectivity index (χ0v) is 14.3. The van der Waals surface area contributed by atoms with Crippen molar-refractivity contribution < 1.29 is 9.53 Å². The van der Waals surface area contributed by atoms with E-state index in [-0.39, 0.29) is 17.6 Å². The van der Waals surface area contributed by atoms with E-state index in [1.54, 1.807) is 5.01 Å². The van der Waals surface area contributed by atoms with Gasteiger partial charge in [0.25, 0.3) is 0 Å². The number of nitrogens with zero attached hydrogens (tertiary/aromatic N) is 2. The maximum Gasteiger partial charge on any atom is 0.243 e. The van der Waals surface area contributed by atoms with Gasteiger partial charge in [0.2, 0.25) is 5.91 Å². The van der Waals surface area contributed by atoms with Gasteiger partial charge >= 0.3 is 0 Å². The fourth-order valence-electron chi connectivity index (χ4n) is 3.40. The summed E-state index contributed by atoms with van der Waals surface area (Å²) < 4.78 is 5.77. The van der Waals surface area contributed by atoms with E-state index in [9.17, 15) is 4.79 Å². The Kier molecular flexibility index (Phi) is 4.53. The SMILES string of the molecule is CCc1ccc(C2=NN([C@H]3CCOC(C)(C)C3)C(=O)CC2)cc1. The Morgan fingerprint density at radius 1 is 1.26 bits per heavy atom. The van der Waals surface area contributed by atoms with Crippen molar-refractivity contribution in [3.05, 3.63) is 35.4 Å². The van der Waals surface area contributed by atoms with Crippen LogP contribution in [0.25, 0.3) is 0 Å². The molecule has 0 aromatic heterocycles. The molecule has 3 rings (SSSR count). The number of ether oxygens (including phenoxy) is 1. The number of amides is 1. The molecule has 0 radical (unpaired) electrons. The quantitative estimate of drug-likeness (QED) is 0.856. The minimum absolute atomic E-state index is 0.140. The second-order valence-electron chi connectivity index (χ2n) is 7.09. The summed E-state index contributed by atoms with van der Waals surface area (Å²) in [6.07, 6.45) is 4.01. The maximum atomic E-state index is 12.4. The van der Waals surface area contributed by atoms with Crippen LogP contribution in [0.5, 0.6) is 0 Å². The number of carbonyl (C=O) groups is 1. The van der Waals surface area contributed by atoms with Gasteiger partial charge in [-0.25, -0.2) is 5.01 Å². The monoisotopic (exact) mass is 314 g/mol. The number of hydrazone groups is 1. The number of carbonyl (C=O) groups excluding carboxylic acids is 1. The Morgan fingerprint density at radius 2 is 2.00 bits per heavy atom. The third-order valence-electron chi connectivity index (χ3n) is 4.77. The fourth-order valence-corrected chi connectivity index (χ4v) is 3.40. The van der Waals surface area contributed by atoms with Crippen molar-refractivity contribution in [3.8, 4) is 0 Å². The van der Waals surface area contributed by atoms with Gasteiger partial charge in [-0.3, -0.25) is 4.79 Å². The van der Waals surface area contributed by atoms with Crippen molar-refractivity contribution in [1.82, 2.24) is 5.01 Å². The van der Waals surface area contributed by atoms with Crippen molar-refractivity contribution in [2.45, 2.75) is 64.5 Å². The molecule has 2 aliphatic rings. The van der Waals surface area contributed by atoms with E-state index in [0.717, 1.165) is 37.0 Å². The van der Waals surface area contributed by atoms with E-state index < -0.39 is 0 Å². The normalized spacial score (nSPS) is 24.5. The van der Waals surface area contributed by atoms with E-state index in [1.807, 2.05) is 0 Å². The number of aryl methyl sites for hydroxylation is 1. The Morgan fingerprint density at radius 3 is 2.65 bits per heavy atom. The van der Waals surface area contributed by atoms with Gasteiger partial charge < -0.3 is 4.74 Å². The van der Waals surface area contributed by atoms with Gasteiger partial charge in [0.05, 0.1) is 17.4 Å². The van der Waals surface area contributed by atoms with Crippen LogP contribution in [0.3, 0.4) is 0 Å². The number of rotatable bonds is 3. The third kappa shape index (κ3) is 3.63. The van der Waals surface area contributed by atoms with Crippen LogP contribution in [-0.4, -0.2) is 34.9 Å². The van der Waals surface area contributed by atoms with Crippen molar-refractivity contribution in [2.24, 2.45) is 5.10 Å². The summed E-state index contributed by atoms with van der Waals surface area (Å²) in [6.45, 7) is 7.02. The Hall–Kier alpha value is -1.68. The van der Waals surface area contributed by atoms with Crippen molar-refractivity contribution in [1.29, 1.82) is 0 Å². The molecular weight excluding hydrogens is 288 g/mol. The molecular formula is C19H26N2O2. The molecule has 1 atom stereocenters. The van der Waals surface area contributed by atoms with Crippen LogP contribution in [0, 0.1) is 0 Å². The summed E-state index contributed by atoms with van der Waals surface area (Å²) in [5, 5.41) is 6.46. The van der Waals surface area contributed by atoms with Crippen LogP contribution in [0.1, 0.15) is 57.6 Å². The second kappa shape index (κ2) is 6.44. The molecule has 4 heteroatoms. The van der Waals surface area contributed by atoms with Gasteiger partial charge in [-0.05, 0) is 44.2 Å². The zero-order valence-electron chi connectivity index (χ0n) is 14.3. The smallest absolute Gasteiger partial charge is 0.243 e. The fraction of sp³-hybridized carbons (Fsp3) is 0.579. The average Bonchev–Trinajstić information content (AvgIpc) is 2.54. The molecule has 0 saturated carbocycles. The molecule has 0 spiro atoms. The Bertz CT molecular complexity index is 604. The van der Waals surface area contributed by atoms with E-state index >= 15 is 0 Å². The summed E-state index contributed by atoms with van der Waals surface area (Å²) in [5.74, 6) is 0.140. The van der Waals surface area contributed by atoms with Gasteiger partial charge in [-0.2, -0.15) is 5.10 Å². The first-order valence-electron chi connectivity index (χ1n) is 8.61. The minimum atomic E-state index is -0.181. The molecule has 1 amide bonds. The first-order valence-corrected chi connectivity index (χ1v) is 8.61. The third-order valence-corrected chi connectivity index (χ3v) is 4.77. The van der Waals surface area contributed by atoms with E-state index in [4.69, 9.17) is 9.84 Å². The van der Waals surface area contributed by atoms with Gasteiger partial charge in [0.15, 0.2) is 0 Å². The lowest BCUT2D eigenvalue weighted by Crippen LogP contribution is -2.47. The van der Waals surface area contributed by atoms with Crippen molar-refractivity contribution in [3.63, 3.8) is 0 Å². The van der Waals surface area contributed by atoms with E-state index in [1.165, 1.54) is 5.56 Å². The van der Waals surface area contributed by atoms with Gasteiger partial charge in [-0.15, -0.1) is 0 Å². The van der Waals surface area contributed by atoms with Crippen LogP contribution < -0.4 is 0 Å². The summed E-state index contributed by atoms with van der Waals surface area (Å²) >= 11 is 0. The van der Waals surface area contributed by atoms with E-state index in [0.29, 0.717) is 13.0 Å². The predicted octanol–water partition coefficient (Wildman–Crippen LogP) is 3.53. The molecule has 1 fully saturated rings. The average molecular weight is 314 g/mol. The highest BCUT2D eigenvalue weighted by Gasteiger charge is 2.36. The molecule has 2 aliphatic heterocycles. The van der Waals surface area contributed by atoms with Crippen LogP contribution in [0.4, 0.5) is 0 Å². The topological polar surface area (TPSA) is 41.9 Å². The summed E-state index contributed by atoms with van der Waals surface area (Å²) in [6, 6.07) is 8.70. The molecule has 0 N–H and O–H groups in total. The number of hydrogen-bond donors (Lipinski definition) is 0.